The van der Waals surface area contributed by atoms with Gasteiger partial charge in [0.25, 0.3) is 0 Å². The fourth-order valence-corrected chi connectivity index (χ4v) is 0.977. The van der Waals surface area contributed by atoms with E-state index < -0.39 is 0 Å². The third kappa shape index (κ3) is 7.51. The fourth-order valence-electron chi connectivity index (χ4n) is 0.977. The van der Waals surface area contributed by atoms with Crippen molar-refractivity contribution in [3.8, 4) is 6.07 Å². The van der Waals surface area contributed by atoms with Crippen LogP contribution in [0.4, 0.5) is 0 Å². The Morgan fingerprint density at radius 2 is 2.23 bits per heavy atom. The molecule has 3 nitrogen and oxygen atoms in total. The SMILES string of the molecule is CC=CCN(CCC#N)CCOC. The van der Waals surface area contributed by atoms with Crippen LogP contribution >= 0.6 is 0 Å². The Bertz CT molecular complexity index is 172. The van der Waals surface area contributed by atoms with Crippen molar-refractivity contribution in [2.24, 2.45) is 0 Å². The molecule has 0 aliphatic rings. The highest BCUT2D eigenvalue weighted by atomic mass is 16.5. The van der Waals surface area contributed by atoms with Gasteiger partial charge in [-0.1, -0.05) is 12.2 Å². The molecule has 0 fully saturated rings. The molecule has 0 aromatic rings. The van der Waals surface area contributed by atoms with Crippen molar-refractivity contribution < 1.29 is 4.74 Å². The molecule has 0 spiro atoms. The smallest absolute Gasteiger partial charge is 0.0635 e. The molecule has 0 aliphatic heterocycles. The largest absolute Gasteiger partial charge is 0.383 e. The maximum Gasteiger partial charge on any atom is 0.0635 e. The van der Waals surface area contributed by atoms with Crippen molar-refractivity contribution in [1.82, 2.24) is 4.90 Å². The molecule has 0 heterocycles. The summed E-state index contributed by atoms with van der Waals surface area (Å²) < 4.78 is 4.98. The first-order valence-electron chi connectivity index (χ1n) is 4.54. The van der Waals surface area contributed by atoms with E-state index in [1.807, 2.05) is 13.0 Å². The van der Waals surface area contributed by atoms with Crippen molar-refractivity contribution in [3.05, 3.63) is 12.2 Å². The summed E-state index contributed by atoms with van der Waals surface area (Å²) >= 11 is 0. The first kappa shape index (κ1) is 12.2. The van der Waals surface area contributed by atoms with Gasteiger partial charge < -0.3 is 4.74 Å². The van der Waals surface area contributed by atoms with E-state index in [0.29, 0.717) is 6.42 Å². The van der Waals surface area contributed by atoms with Crippen LogP contribution in [0.1, 0.15) is 13.3 Å². The van der Waals surface area contributed by atoms with Crippen LogP contribution < -0.4 is 0 Å². The first-order chi connectivity index (χ1) is 6.35. The van der Waals surface area contributed by atoms with Crippen LogP contribution in [0.25, 0.3) is 0 Å². The van der Waals surface area contributed by atoms with Gasteiger partial charge in [0.1, 0.15) is 0 Å². The topological polar surface area (TPSA) is 36.3 Å². The molecule has 0 unspecified atom stereocenters. The minimum atomic E-state index is 0.585. The Kier molecular flexibility index (Phi) is 8.64. The van der Waals surface area contributed by atoms with Crippen molar-refractivity contribution in [2.75, 3.05) is 33.4 Å². The van der Waals surface area contributed by atoms with Gasteiger partial charge in [-0.2, -0.15) is 5.26 Å². The second-order valence-electron chi connectivity index (χ2n) is 2.77. The van der Waals surface area contributed by atoms with Gasteiger partial charge in [-0.15, -0.1) is 0 Å². The molecule has 0 saturated carbocycles. The van der Waals surface area contributed by atoms with E-state index in [1.54, 1.807) is 7.11 Å². The predicted molar refractivity (Wildman–Crippen MR) is 53.4 cm³/mol. The van der Waals surface area contributed by atoms with Gasteiger partial charge in [0.05, 0.1) is 12.7 Å². The minimum absolute atomic E-state index is 0.585. The monoisotopic (exact) mass is 182 g/mol. The quantitative estimate of drug-likeness (QED) is 0.559. The molecular formula is C10H18N2O. The number of ether oxygens (including phenoxy) is 1. The van der Waals surface area contributed by atoms with Crippen LogP contribution in [0.15, 0.2) is 12.2 Å². The normalized spacial score (nSPS) is 10.9. The fraction of sp³-hybridized carbons (Fsp3) is 0.700. The molecule has 0 aromatic carbocycles. The Morgan fingerprint density at radius 1 is 1.46 bits per heavy atom. The number of allylic oxidation sites excluding steroid dienone is 1. The van der Waals surface area contributed by atoms with E-state index in [9.17, 15) is 0 Å². The zero-order valence-electron chi connectivity index (χ0n) is 8.49. The summed E-state index contributed by atoms with van der Waals surface area (Å²) in [6.07, 6.45) is 4.69. The zero-order chi connectivity index (χ0) is 9.94. The second kappa shape index (κ2) is 9.24. The van der Waals surface area contributed by atoms with Gasteiger partial charge in [0, 0.05) is 33.2 Å². The maximum absolute atomic E-state index is 8.44. The summed E-state index contributed by atoms with van der Waals surface area (Å²) in [5, 5.41) is 8.44. The van der Waals surface area contributed by atoms with Gasteiger partial charge >= 0.3 is 0 Å². The first-order valence-corrected chi connectivity index (χ1v) is 4.54. The lowest BCUT2D eigenvalue weighted by atomic mass is 10.3. The van der Waals surface area contributed by atoms with Gasteiger partial charge in [0.2, 0.25) is 0 Å². The molecule has 3 heteroatoms. The lowest BCUT2D eigenvalue weighted by molar-refractivity contribution is 0.155. The van der Waals surface area contributed by atoms with Gasteiger partial charge in [0.15, 0.2) is 0 Å². The Balaban J connectivity index is 3.67. The van der Waals surface area contributed by atoms with Crippen LogP contribution in [-0.4, -0.2) is 38.3 Å². The number of nitrogens with zero attached hydrogens (tertiary/aromatic N) is 2. The Morgan fingerprint density at radius 3 is 2.77 bits per heavy atom. The zero-order valence-corrected chi connectivity index (χ0v) is 8.49. The number of hydrogen-bond donors (Lipinski definition) is 0. The lowest BCUT2D eigenvalue weighted by Gasteiger charge is -2.18. The highest BCUT2D eigenvalue weighted by Crippen LogP contribution is 1.92. The molecule has 0 amide bonds. The van der Waals surface area contributed by atoms with Crippen molar-refractivity contribution >= 4 is 0 Å². The van der Waals surface area contributed by atoms with E-state index in [2.05, 4.69) is 17.0 Å². The average Bonchev–Trinajstić information content (AvgIpc) is 2.17. The van der Waals surface area contributed by atoms with Crippen LogP contribution in [0.3, 0.4) is 0 Å². The van der Waals surface area contributed by atoms with Crippen LogP contribution in [0, 0.1) is 11.3 Å². The predicted octanol–water partition coefficient (Wildman–Crippen LogP) is 1.42. The van der Waals surface area contributed by atoms with E-state index in [1.165, 1.54) is 0 Å². The summed E-state index contributed by atoms with van der Waals surface area (Å²) in [7, 11) is 1.69. The highest BCUT2D eigenvalue weighted by Gasteiger charge is 2.00. The number of hydrogen-bond acceptors (Lipinski definition) is 3. The van der Waals surface area contributed by atoms with Crippen molar-refractivity contribution in [2.45, 2.75) is 13.3 Å². The molecule has 13 heavy (non-hydrogen) atoms. The Labute approximate surface area is 80.6 Å². The summed E-state index contributed by atoms with van der Waals surface area (Å²) in [6.45, 7) is 5.34. The van der Waals surface area contributed by atoms with Gasteiger partial charge in [-0.05, 0) is 6.92 Å². The summed E-state index contributed by atoms with van der Waals surface area (Å²) in [6, 6.07) is 2.14. The van der Waals surface area contributed by atoms with Gasteiger partial charge in [-0.25, -0.2) is 0 Å². The molecule has 0 aliphatic carbocycles. The maximum atomic E-state index is 8.44. The highest BCUT2D eigenvalue weighted by molar-refractivity contribution is 4.82. The molecule has 0 rings (SSSR count). The molecule has 74 valence electrons. The third-order valence-electron chi connectivity index (χ3n) is 1.75. The van der Waals surface area contributed by atoms with Crippen LogP contribution in [-0.2, 0) is 4.74 Å². The lowest BCUT2D eigenvalue weighted by Crippen LogP contribution is -2.28. The number of rotatable bonds is 7. The number of methoxy groups -OCH3 is 1. The molecule has 0 saturated heterocycles. The Hall–Kier alpha value is -0.850. The summed E-state index contributed by atoms with van der Waals surface area (Å²) in [5.41, 5.74) is 0. The number of nitriles is 1. The molecule has 0 radical (unpaired) electrons. The summed E-state index contributed by atoms with van der Waals surface area (Å²) in [4.78, 5) is 2.20. The van der Waals surface area contributed by atoms with Gasteiger partial charge in [-0.3, -0.25) is 4.90 Å². The molecule has 0 aromatic heterocycles. The van der Waals surface area contributed by atoms with E-state index >= 15 is 0 Å². The van der Waals surface area contributed by atoms with E-state index in [0.717, 1.165) is 26.2 Å². The molecule has 0 atom stereocenters. The summed E-state index contributed by atoms with van der Waals surface area (Å²) in [5.74, 6) is 0. The third-order valence-corrected chi connectivity index (χ3v) is 1.75. The second-order valence-corrected chi connectivity index (χ2v) is 2.77. The van der Waals surface area contributed by atoms with Crippen LogP contribution in [0.5, 0.6) is 0 Å². The van der Waals surface area contributed by atoms with E-state index in [4.69, 9.17) is 10.00 Å². The van der Waals surface area contributed by atoms with Crippen molar-refractivity contribution in [3.63, 3.8) is 0 Å². The standard InChI is InChI=1S/C10H18N2O/c1-3-4-7-12(8-5-6-11)9-10-13-2/h3-4H,5,7-10H2,1-2H3. The average molecular weight is 182 g/mol. The van der Waals surface area contributed by atoms with E-state index in [-0.39, 0.29) is 0 Å². The van der Waals surface area contributed by atoms with Crippen LogP contribution in [0.2, 0.25) is 0 Å². The molecule has 0 N–H and O–H groups in total. The molecule has 0 bridgehead atoms. The molecular weight excluding hydrogens is 164 g/mol. The van der Waals surface area contributed by atoms with Crippen molar-refractivity contribution in [1.29, 1.82) is 5.26 Å². The minimum Gasteiger partial charge on any atom is -0.383 e.